The van der Waals surface area contributed by atoms with E-state index < -0.39 is 24.1 Å². The van der Waals surface area contributed by atoms with Gasteiger partial charge in [-0.1, -0.05) is 57.8 Å². The second-order valence-corrected chi connectivity index (χ2v) is 7.31. The highest BCUT2D eigenvalue weighted by atomic mass is 16.6. The van der Waals surface area contributed by atoms with Crippen LogP contribution in [0, 0.1) is 12.3 Å². The molecule has 7 nitrogen and oxygen atoms in total. The highest BCUT2D eigenvalue weighted by Gasteiger charge is 2.31. The first-order valence-electron chi connectivity index (χ1n) is 10.5. The van der Waals surface area contributed by atoms with Crippen molar-refractivity contribution in [2.24, 2.45) is 0 Å². The lowest BCUT2D eigenvalue weighted by Crippen LogP contribution is -2.51. The molecule has 0 N–H and O–H groups in total. The first kappa shape index (κ1) is 26.8. The highest BCUT2D eigenvalue weighted by molar-refractivity contribution is 5.89. The summed E-state index contributed by atoms with van der Waals surface area (Å²) in [6, 6.07) is -1.54. The van der Waals surface area contributed by atoms with E-state index in [1.165, 1.54) is 51.1 Å². The summed E-state index contributed by atoms with van der Waals surface area (Å²) < 4.78 is 10.1. The average molecular weight is 411 g/mol. The second-order valence-electron chi connectivity index (χ2n) is 7.31. The molecule has 0 aliphatic rings. The Kier molecular flexibility index (Phi) is 14.5. The maximum absolute atomic E-state index is 12.6. The van der Waals surface area contributed by atoms with Crippen LogP contribution in [0.4, 0.5) is 4.79 Å². The monoisotopic (exact) mass is 410 g/mol. The summed E-state index contributed by atoms with van der Waals surface area (Å²) >= 11 is 0. The highest BCUT2D eigenvalue weighted by Crippen LogP contribution is 2.10. The third-order valence-electron chi connectivity index (χ3n) is 5.02. The van der Waals surface area contributed by atoms with Crippen molar-refractivity contribution in [1.82, 2.24) is 9.80 Å². The molecule has 0 aromatic heterocycles. The largest absolute Gasteiger partial charge is 0.464 e. The molecule has 0 aromatic carbocycles. The van der Waals surface area contributed by atoms with E-state index in [9.17, 15) is 14.4 Å². The Bertz CT molecular complexity index is 544. The van der Waals surface area contributed by atoms with Gasteiger partial charge in [0.2, 0.25) is 5.91 Å². The van der Waals surface area contributed by atoms with Gasteiger partial charge in [0.1, 0.15) is 12.1 Å². The van der Waals surface area contributed by atoms with Crippen LogP contribution < -0.4 is 0 Å². The molecule has 0 saturated heterocycles. The Morgan fingerprint density at radius 2 is 1.41 bits per heavy atom. The number of ether oxygens (including phenoxy) is 2. The van der Waals surface area contributed by atoms with E-state index in [0.717, 1.165) is 24.2 Å². The van der Waals surface area contributed by atoms with E-state index >= 15 is 0 Å². The predicted octanol–water partition coefficient (Wildman–Crippen LogP) is 3.61. The number of amides is 2. The summed E-state index contributed by atoms with van der Waals surface area (Å²) in [6.07, 6.45) is 13.7. The van der Waals surface area contributed by atoms with Gasteiger partial charge in [0, 0.05) is 14.1 Å². The van der Waals surface area contributed by atoms with Crippen LogP contribution >= 0.6 is 0 Å². The zero-order valence-corrected chi connectivity index (χ0v) is 18.7. The van der Waals surface area contributed by atoms with Gasteiger partial charge in [0.25, 0.3) is 0 Å². The maximum Gasteiger partial charge on any atom is 0.411 e. The summed E-state index contributed by atoms with van der Waals surface area (Å²) in [7, 11) is 2.96. The van der Waals surface area contributed by atoms with E-state index in [2.05, 4.69) is 12.8 Å². The van der Waals surface area contributed by atoms with Crippen molar-refractivity contribution >= 4 is 18.0 Å². The maximum atomic E-state index is 12.6. The van der Waals surface area contributed by atoms with Gasteiger partial charge in [0.05, 0.1) is 6.61 Å². The summed E-state index contributed by atoms with van der Waals surface area (Å²) in [4.78, 5) is 39.0. The summed E-state index contributed by atoms with van der Waals surface area (Å²) in [6.45, 7) is 5.57. The van der Waals surface area contributed by atoms with Crippen LogP contribution in [0.5, 0.6) is 0 Å². The molecule has 166 valence electrons. The number of nitrogens with zero attached hydrogens (tertiary/aromatic N) is 2. The smallest absolute Gasteiger partial charge is 0.411 e. The van der Waals surface area contributed by atoms with E-state index in [0.29, 0.717) is 6.61 Å². The zero-order chi connectivity index (χ0) is 22.2. The van der Waals surface area contributed by atoms with Gasteiger partial charge < -0.3 is 14.4 Å². The van der Waals surface area contributed by atoms with Crippen LogP contribution in [0.15, 0.2) is 0 Å². The van der Waals surface area contributed by atoms with E-state index in [1.807, 2.05) is 0 Å². The van der Waals surface area contributed by atoms with Crippen molar-refractivity contribution in [2.45, 2.75) is 84.2 Å². The van der Waals surface area contributed by atoms with Crippen molar-refractivity contribution in [3.63, 3.8) is 0 Å². The minimum absolute atomic E-state index is 0.165. The molecule has 7 heteroatoms. The van der Waals surface area contributed by atoms with Gasteiger partial charge in [-0.3, -0.25) is 9.69 Å². The molecular weight excluding hydrogens is 372 g/mol. The Balaban J connectivity index is 4.23. The molecule has 0 rings (SSSR count). The number of unbranched alkanes of at least 4 members (excludes halogenated alkanes) is 7. The number of carbonyl (C=O) groups is 3. The molecule has 29 heavy (non-hydrogen) atoms. The lowest BCUT2D eigenvalue weighted by molar-refractivity contribution is -0.154. The van der Waals surface area contributed by atoms with Crippen LogP contribution in [0.1, 0.15) is 72.1 Å². The minimum atomic E-state index is -0.798. The van der Waals surface area contributed by atoms with E-state index in [-0.39, 0.29) is 12.5 Å². The Morgan fingerprint density at radius 1 is 0.862 bits per heavy atom. The third kappa shape index (κ3) is 10.8. The summed E-state index contributed by atoms with van der Waals surface area (Å²) in [5.41, 5.74) is 0. The first-order chi connectivity index (χ1) is 13.8. The Labute approximate surface area is 176 Å². The van der Waals surface area contributed by atoms with Crippen LogP contribution in [0.3, 0.4) is 0 Å². The number of likely N-dealkylation sites (N-methyl/N-ethyl adjacent to an activating group) is 2. The first-order valence-corrected chi connectivity index (χ1v) is 10.5. The Hall–Kier alpha value is -2.23. The van der Waals surface area contributed by atoms with Crippen molar-refractivity contribution in [1.29, 1.82) is 0 Å². The van der Waals surface area contributed by atoms with Crippen LogP contribution in [-0.2, 0) is 19.1 Å². The van der Waals surface area contributed by atoms with Crippen LogP contribution in [0.25, 0.3) is 0 Å². The van der Waals surface area contributed by atoms with Gasteiger partial charge in [-0.2, -0.15) is 0 Å². The predicted molar refractivity (Wildman–Crippen MR) is 113 cm³/mol. The van der Waals surface area contributed by atoms with Crippen LogP contribution in [-0.4, -0.2) is 67.2 Å². The lowest BCUT2D eigenvalue weighted by atomic mass is 10.1. The molecule has 0 aromatic rings. The number of terminal acetylenes is 1. The third-order valence-corrected chi connectivity index (χ3v) is 5.02. The molecule has 0 aliphatic carbocycles. The number of hydrogen-bond donors (Lipinski definition) is 0. The topological polar surface area (TPSA) is 76.2 Å². The standard InChI is InChI=1S/C22H38N2O5/c1-7-9-10-11-12-13-14-15-17-28-21(26)19(4)23(5)20(25)18(3)24(6)22(27)29-16-8-2/h2,18-19H,7,9-17H2,1,3-6H3. The molecule has 0 aliphatic heterocycles. The molecule has 0 bridgehead atoms. The van der Waals surface area contributed by atoms with Gasteiger partial charge in [-0.25, -0.2) is 9.59 Å². The molecule has 2 amide bonds. The normalized spacial score (nSPS) is 12.4. The quantitative estimate of drug-likeness (QED) is 0.248. The molecule has 0 heterocycles. The van der Waals surface area contributed by atoms with Gasteiger partial charge in [-0.05, 0) is 20.3 Å². The number of hydrogen-bond acceptors (Lipinski definition) is 5. The number of rotatable bonds is 14. The lowest BCUT2D eigenvalue weighted by Gasteiger charge is -2.30. The van der Waals surface area contributed by atoms with Gasteiger partial charge >= 0.3 is 12.1 Å². The Morgan fingerprint density at radius 3 is 1.97 bits per heavy atom. The molecule has 0 saturated carbocycles. The van der Waals surface area contributed by atoms with Crippen molar-refractivity contribution in [3.05, 3.63) is 0 Å². The molecule has 0 radical (unpaired) electrons. The molecule has 2 unspecified atom stereocenters. The molecule has 0 spiro atoms. The van der Waals surface area contributed by atoms with Crippen molar-refractivity contribution in [2.75, 3.05) is 27.3 Å². The van der Waals surface area contributed by atoms with Gasteiger partial charge in [-0.15, -0.1) is 6.42 Å². The fraction of sp³-hybridized carbons (Fsp3) is 0.773. The molecular formula is C22H38N2O5. The number of esters is 1. The van der Waals surface area contributed by atoms with E-state index in [1.54, 1.807) is 13.8 Å². The fourth-order valence-electron chi connectivity index (χ4n) is 2.70. The molecule has 2 atom stereocenters. The average Bonchev–Trinajstić information content (AvgIpc) is 2.73. The van der Waals surface area contributed by atoms with Crippen molar-refractivity contribution in [3.8, 4) is 12.3 Å². The summed E-state index contributed by atoms with van der Waals surface area (Å²) in [5.74, 6) is 1.36. The fourth-order valence-corrected chi connectivity index (χ4v) is 2.70. The zero-order valence-electron chi connectivity index (χ0n) is 18.7. The number of carbonyl (C=O) groups excluding carboxylic acids is 3. The SMILES string of the molecule is C#CCOC(=O)N(C)C(C)C(=O)N(C)C(C)C(=O)OCCCCCCCCCC. The van der Waals surface area contributed by atoms with Gasteiger partial charge in [0.15, 0.2) is 6.61 Å². The minimum Gasteiger partial charge on any atom is -0.464 e. The van der Waals surface area contributed by atoms with Crippen LogP contribution in [0.2, 0.25) is 0 Å². The second kappa shape index (κ2) is 15.7. The summed E-state index contributed by atoms with van der Waals surface area (Å²) in [5, 5.41) is 0. The van der Waals surface area contributed by atoms with E-state index in [4.69, 9.17) is 15.9 Å². The van der Waals surface area contributed by atoms with Crippen molar-refractivity contribution < 1.29 is 23.9 Å². The molecule has 0 fully saturated rings.